The molecule has 0 nitrogen and oxygen atoms in total. The van der Waals surface area contributed by atoms with Gasteiger partial charge in [0.25, 0.3) is 0 Å². The Bertz CT molecular complexity index is 404. The molecule has 90 valence electrons. The molecule has 16 heavy (non-hydrogen) atoms. The van der Waals surface area contributed by atoms with E-state index in [1.54, 1.807) is 0 Å². The fraction of sp³-hybridized carbons (Fsp3) is 0.333. The van der Waals surface area contributed by atoms with E-state index >= 15 is 0 Å². The Balaban J connectivity index is 3.58. The minimum Gasteiger partial charge on any atom is -0.166 e. The average molecular weight is 263 g/mol. The summed E-state index contributed by atoms with van der Waals surface area (Å²) >= 11 is 5.31. The van der Waals surface area contributed by atoms with Crippen molar-refractivity contribution < 1.29 is 26.3 Å². The topological polar surface area (TPSA) is 0 Å². The van der Waals surface area contributed by atoms with Crippen LogP contribution in [0.25, 0.3) is 0 Å². The Hall–Kier alpha value is -0.910. The van der Waals surface area contributed by atoms with Gasteiger partial charge in [0, 0.05) is 5.02 Å². The van der Waals surface area contributed by atoms with E-state index in [4.69, 9.17) is 11.6 Å². The van der Waals surface area contributed by atoms with Crippen LogP contribution >= 0.6 is 11.6 Å². The van der Waals surface area contributed by atoms with E-state index in [1.165, 1.54) is 0 Å². The molecule has 0 spiro atoms. The highest BCUT2D eigenvalue weighted by Crippen LogP contribution is 2.43. The van der Waals surface area contributed by atoms with Crippen LogP contribution in [0, 0.1) is 6.92 Å². The summed E-state index contributed by atoms with van der Waals surface area (Å²) in [4.78, 5) is 0. The maximum absolute atomic E-state index is 12.4. The summed E-state index contributed by atoms with van der Waals surface area (Å²) in [6.45, 7) is 0.934. The van der Waals surface area contributed by atoms with Crippen LogP contribution in [0.5, 0.6) is 0 Å². The van der Waals surface area contributed by atoms with E-state index in [-0.39, 0.29) is 11.1 Å². The summed E-state index contributed by atoms with van der Waals surface area (Å²) in [5, 5.41) is -0.377. The van der Waals surface area contributed by atoms with Crippen molar-refractivity contribution in [2.45, 2.75) is 19.3 Å². The van der Waals surface area contributed by atoms with Gasteiger partial charge in [-0.2, -0.15) is 26.3 Å². The first-order valence-electron chi connectivity index (χ1n) is 3.98. The minimum atomic E-state index is -5.08. The molecule has 0 aliphatic heterocycles. The van der Waals surface area contributed by atoms with Crippen molar-refractivity contribution in [1.29, 1.82) is 0 Å². The second-order valence-electron chi connectivity index (χ2n) is 3.14. The Morgan fingerprint density at radius 3 is 1.81 bits per heavy atom. The average Bonchev–Trinajstić information content (AvgIpc) is 1.97. The molecule has 0 N–H and O–H groups in total. The largest absolute Gasteiger partial charge is 0.417 e. The number of benzene rings is 1. The maximum Gasteiger partial charge on any atom is 0.417 e. The van der Waals surface area contributed by atoms with E-state index in [9.17, 15) is 26.3 Å². The Morgan fingerprint density at radius 2 is 1.44 bits per heavy atom. The summed E-state index contributed by atoms with van der Waals surface area (Å²) in [6, 6.07) is 1.12. The van der Waals surface area contributed by atoms with Gasteiger partial charge in [-0.1, -0.05) is 11.6 Å². The third-order valence-electron chi connectivity index (χ3n) is 1.89. The summed E-state index contributed by atoms with van der Waals surface area (Å²) < 4.78 is 74.4. The molecule has 0 aliphatic rings. The van der Waals surface area contributed by atoms with Crippen molar-refractivity contribution in [3.8, 4) is 0 Å². The van der Waals surface area contributed by atoms with Crippen LogP contribution in [0.4, 0.5) is 26.3 Å². The molecule has 0 heterocycles. The predicted molar refractivity (Wildman–Crippen MR) is 46.2 cm³/mol. The van der Waals surface area contributed by atoms with Gasteiger partial charge >= 0.3 is 12.4 Å². The quantitative estimate of drug-likeness (QED) is 0.595. The summed E-state index contributed by atoms with van der Waals surface area (Å²) in [5.74, 6) is 0. The second-order valence-corrected chi connectivity index (χ2v) is 3.58. The molecule has 0 saturated heterocycles. The summed E-state index contributed by atoms with van der Waals surface area (Å²) in [7, 11) is 0. The third kappa shape index (κ3) is 2.61. The first-order valence-corrected chi connectivity index (χ1v) is 4.36. The summed E-state index contributed by atoms with van der Waals surface area (Å²) in [5.41, 5.74) is -4.00. The molecule has 0 unspecified atom stereocenters. The van der Waals surface area contributed by atoms with Crippen molar-refractivity contribution >= 4 is 11.6 Å². The van der Waals surface area contributed by atoms with Crippen molar-refractivity contribution in [1.82, 2.24) is 0 Å². The van der Waals surface area contributed by atoms with Gasteiger partial charge in [-0.05, 0) is 24.6 Å². The molecule has 0 amide bonds. The highest BCUT2D eigenvalue weighted by Gasteiger charge is 2.44. The smallest absolute Gasteiger partial charge is 0.166 e. The minimum absolute atomic E-state index is 0.275. The van der Waals surface area contributed by atoms with Crippen LogP contribution in [-0.2, 0) is 12.4 Å². The lowest BCUT2D eigenvalue weighted by Gasteiger charge is -2.17. The Labute approximate surface area is 91.8 Å². The lowest BCUT2D eigenvalue weighted by atomic mass is 10.0. The monoisotopic (exact) mass is 262 g/mol. The third-order valence-corrected chi connectivity index (χ3v) is 2.11. The second kappa shape index (κ2) is 3.84. The lowest BCUT2D eigenvalue weighted by Crippen LogP contribution is -2.18. The maximum atomic E-state index is 12.4. The molecule has 0 saturated carbocycles. The first-order chi connectivity index (χ1) is 7.03. The molecule has 1 aromatic carbocycles. The van der Waals surface area contributed by atoms with Crippen LogP contribution in [0.15, 0.2) is 12.1 Å². The van der Waals surface area contributed by atoms with Crippen molar-refractivity contribution in [2.24, 2.45) is 0 Å². The van der Waals surface area contributed by atoms with E-state index in [0.717, 1.165) is 13.0 Å². The molecule has 0 atom stereocenters. The Kier molecular flexibility index (Phi) is 3.15. The molecule has 0 aromatic heterocycles. The fourth-order valence-electron chi connectivity index (χ4n) is 1.34. The normalized spacial score (nSPS) is 13.0. The van der Waals surface area contributed by atoms with Gasteiger partial charge in [-0.15, -0.1) is 0 Å². The highest BCUT2D eigenvalue weighted by atomic mass is 35.5. The molecule has 0 radical (unpaired) electrons. The molecule has 0 fully saturated rings. The summed E-state index contributed by atoms with van der Waals surface area (Å²) in [6.07, 6.45) is -10.1. The van der Waals surface area contributed by atoms with Gasteiger partial charge in [0.15, 0.2) is 0 Å². The highest BCUT2D eigenvalue weighted by molar-refractivity contribution is 6.30. The molecule has 0 aliphatic carbocycles. The van der Waals surface area contributed by atoms with Gasteiger partial charge in [0.2, 0.25) is 0 Å². The Morgan fingerprint density at radius 1 is 0.938 bits per heavy atom. The standard InChI is InChI=1S/C9H5ClF6/c1-4-2-5(10)3-6(8(11,12)13)7(4)9(14,15)16/h2-3H,1H3. The van der Waals surface area contributed by atoms with Crippen LogP contribution in [0.2, 0.25) is 5.02 Å². The fourth-order valence-corrected chi connectivity index (χ4v) is 1.62. The van der Waals surface area contributed by atoms with Gasteiger partial charge in [-0.25, -0.2) is 0 Å². The molecule has 0 bridgehead atoms. The van der Waals surface area contributed by atoms with Gasteiger partial charge in [-0.3, -0.25) is 0 Å². The van der Waals surface area contributed by atoms with E-state index in [0.29, 0.717) is 0 Å². The van der Waals surface area contributed by atoms with Crippen molar-refractivity contribution in [3.63, 3.8) is 0 Å². The number of rotatable bonds is 0. The van der Waals surface area contributed by atoms with E-state index < -0.39 is 29.0 Å². The molecular weight excluding hydrogens is 258 g/mol. The number of alkyl halides is 6. The first kappa shape index (κ1) is 13.2. The van der Waals surface area contributed by atoms with E-state index in [2.05, 4.69) is 0 Å². The molecule has 1 aromatic rings. The zero-order chi connectivity index (χ0) is 12.7. The van der Waals surface area contributed by atoms with Crippen molar-refractivity contribution in [3.05, 3.63) is 33.8 Å². The van der Waals surface area contributed by atoms with Gasteiger partial charge < -0.3 is 0 Å². The molecule has 7 heteroatoms. The van der Waals surface area contributed by atoms with Gasteiger partial charge in [0.05, 0.1) is 11.1 Å². The molecule has 1 rings (SSSR count). The number of halogens is 7. The van der Waals surface area contributed by atoms with E-state index in [1.807, 2.05) is 0 Å². The number of aryl methyl sites for hydroxylation is 1. The van der Waals surface area contributed by atoms with Crippen molar-refractivity contribution in [2.75, 3.05) is 0 Å². The van der Waals surface area contributed by atoms with Gasteiger partial charge in [0.1, 0.15) is 0 Å². The number of hydrogen-bond donors (Lipinski definition) is 0. The van der Waals surface area contributed by atoms with Crippen LogP contribution < -0.4 is 0 Å². The predicted octanol–water partition coefficient (Wildman–Crippen LogP) is 4.69. The van der Waals surface area contributed by atoms with Crippen LogP contribution in [-0.4, -0.2) is 0 Å². The molecular formula is C9H5ClF6. The van der Waals surface area contributed by atoms with Crippen LogP contribution in [0.3, 0.4) is 0 Å². The van der Waals surface area contributed by atoms with Crippen LogP contribution in [0.1, 0.15) is 16.7 Å². The lowest BCUT2D eigenvalue weighted by molar-refractivity contribution is -0.162. The zero-order valence-electron chi connectivity index (χ0n) is 7.80. The SMILES string of the molecule is Cc1cc(Cl)cc(C(F)(F)F)c1C(F)(F)F. The zero-order valence-corrected chi connectivity index (χ0v) is 8.56. The number of hydrogen-bond acceptors (Lipinski definition) is 0.